The first-order valence-corrected chi connectivity index (χ1v) is 7.84. The number of aromatic nitrogens is 3. The minimum Gasteiger partial charge on any atom is -0.481 e. The minimum absolute atomic E-state index is 0.172. The molecule has 0 aliphatic heterocycles. The molecule has 1 amide bonds. The van der Waals surface area contributed by atoms with E-state index in [1.807, 2.05) is 6.07 Å². The summed E-state index contributed by atoms with van der Waals surface area (Å²) in [5.41, 5.74) is 1.29. The molecule has 2 aromatic heterocycles. The molecule has 2 N–H and O–H groups in total. The molecule has 0 radical (unpaired) electrons. The van der Waals surface area contributed by atoms with Crippen LogP contribution in [0.3, 0.4) is 0 Å². The number of ether oxygens (including phenoxy) is 1. The molecule has 1 atom stereocenters. The largest absolute Gasteiger partial charge is 0.481 e. The third-order valence-corrected chi connectivity index (χ3v) is 4.28. The van der Waals surface area contributed by atoms with Gasteiger partial charge in [0, 0.05) is 24.7 Å². The molecule has 0 bridgehead atoms. The van der Waals surface area contributed by atoms with Gasteiger partial charge in [-0.25, -0.2) is 15.0 Å². The van der Waals surface area contributed by atoms with E-state index in [9.17, 15) is 9.90 Å². The van der Waals surface area contributed by atoms with Crippen molar-refractivity contribution in [3.05, 3.63) is 47.7 Å². The highest BCUT2D eigenvalue weighted by Crippen LogP contribution is 2.38. The van der Waals surface area contributed by atoms with Crippen LogP contribution >= 0.6 is 0 Å². The highest BCUT2D eigenvalue weighted by Gasteiger charge is 2.36. The predicted molar refractivity (Wildman–Crippen MR) is 86.5 cm³/mol. The molecular weight excluding hydrogens is 308 g/mol. The van der Waals surface area contributed by atoms with E-state index in [0.717, 1.165) is 5.56 Å². The zero-order valence-corrected chi connectivity index (χ0v) is 13.6. The van der Waals surface area contributed by atoms with Crippen molar-refractivity contribution in [2.75, 3.05) is 7.11 Å². The van der Waals surface area contributed by atoms with Crippen LogP contribution in [0.25, 0.3) is 0 Å². The van der Waals surface area contributed by atoms with Gasteiger partial charge in [-0.15, -0.1) is 0 Å². The Hall–Kier alpha value is -2.54. The molecule has 0 saturated heterocycles. The molecule has 1 fully saturated rings. The van der Waals surface area contributed by atoms with Gasteiger partial charge in [0.05, 0.1) is 24.8 Å². The molecule has 7 heteroatoms. The molecule has 1 saturated carbocycles. The smallest absolute Gasteiger partial charge is 0.254 e. The fourth-order valence-corrected chi connectivity index (χ4v) is 2.81. The van der Waals surface area contributed by atoms with E-state index >= 15 is 0 Å². The number of aryl methyl sites for hydroxylation is 1. The van der Waals surface area contributed by atoms with Gasteiger partial charge in [0.2, 0.25) is 5.88 Å². The zero-order valence-electron chi connectivity index (χ0n) is 13.6. The molecule has 0 spiro atoms. The standard InChI is InChI=1S/C17H20N4O3/c1-10-18-8-13(9-19-10)17(23)21-16(12-5-14(22)6-12)11-3-4-15(24-2)20-7-11/h3-4,7-9,12,14,16,22H,5-6H2,1-2H3,(H,21,23)/t12?,14?,16-/m1/s1. The number of aliphatic hydroxyl groups excluding tert-OH is 1. The van der Waals surface area contributed by atoms with Gasteiger partial charge in [-0.2, -0.15) is 0 Å². The fourth-order valence-electron chi connectivity index (χ4n) is 2.81. The first-order chi connectivity index (χ1) is 11.6. The van der Waals surface area contributed by atoms with Crippen LogP contribution in [0.2, 0.25) is 0 Å². The van der Waals surface area contributed by atoms with Crippen molar-refractivity contribution in [2.24, 2.45) is 5.92 Å². The maximum Gasteiger partial charge on any atom is 0.254 e. The van der Waals surface area contributed by atoms with Crippen LogP contribution in [0.15, 0.2) is 30.7 Å². The summed E-state index contributed by atoms with van der Waals surface area (Å²) in [4.78, 5) is 24.8. The topological polar surface area (TPSA) is 97.2 Å². The highest BCUT2D eigenvalue weighted by molar-refractivity contribution is 5.93. The summed E-state index contributed by atoms with van der Waals surface area (Å²) in [6.07, 6.45) is 5.72. The van der Waals surface area contributed by atoms with Crippen molar-refractivity contribution in [1.82, 2.24) is 20.3 Å². The van der Waals surface area contributed by atoms with Crippen molar-refractivity contribution in [3.8, 4) is 5.88 Å². The van der Waals surface area contributed by atoms with Crippen LogP contribution in [0.4, 0.5) is 0 Å². The Morgan fingerprint density at radius 3 is 2.50 bits per heavy atom. The first kappa shape index (κ1) is 16.3. The van der Waals surface area contributed by atoms with Crippen LogP contribution in [0, 0.1) is 12.8 Å². The van der Waals surface area contributed by atoms with E-state index in [2.05, 4.69) is 20.3 Å². The maximum absolute atomic E-state index is 12.5. The van der Waals surface area contributed by atoms with Gasteiger partial charge < -0.3 is 15.2 Å². The van der Waals surface area contributed by atoms with Crippen LogP contribution < -0.4 is 10.1 Å². The molecule has 3 rings (SSSR count). The van der Waals surface area contributed by atoms with Crippen molar-refractivity contribution in [1.29, 1.82) is 0 Å². The second kappa shape index (κ2) is 6.92. The van der Waals surface area contributed by atoms with Gasteiger partial charge in [0.25, 0.3) is 5.91 Å². The third-order valence-electron chi connectivity index (χ3n) is 4.28. The lowest BCUT2D eigenvalue weighted by molar-refractivity contribution is 0.0234. The zero-order chi connectivity index (χ0) is 17.1. The maximum atomic E-state index is 12.5. The highest BCUT2D eigenvalue weighted by atomic mass is 16.5. The van der Waals surface area contributed by atoms with E-state index < -0.39 is 0 Å². The van der Waals surface area contributed by atoms with E-state index in [0.29, 0.717) is 30.1 Å². The van der Waals surface area contributed by atoms with Crippen molar-refractivity contribution in [2.45, 2.75) is 31.9 Å². The summed E-state index contributed by atoms with van der Waals surface area (Å²) in [6.45, 7) is 1.77. The predicted octanol–water partition coefficient (Wildman–Crippen LogP) is 1.43. The van der Waals surface area contributed by atoms with Gasteiger partial charge in [0.15, 0.2) is 0 Å². The summed E-state index contributed by atoms with van der Waals surface area (Å²) in [6, 6.07) is 3.42. The Bertz CT molecular complexity index is 697. The number of nitrogens with zero attached hydrogens (tertiary/aromatic N) is 3. The van der Waals surface area contributed by atoms with Crippen LogP contribution in [0.1, 0.15) is 40.6 Å². The Labute approximate surface area is 140 Å². The summed E-state index contributed by atoms with van der Waals surface area (Å²) in [5, 5.41) is 12.6. The summed E-state index contributed by atoms with van der Waals surface area (Å²) < 4.78 is 5.07. The minimum atomic E-state index is -0.302. The Morgan fingerprint density at radius 2 is 1.96 bits per heavy atom. The number of amides is 1. The molecule has 0 unspecified atom stereocenters. The van der Waals surface area contributed by atoms with Gasteiger partial charge in [-0.1, -0.05) is 6.07 Å². The van der Waals surface area contributed by atoms with E-state index in [-0.39, 0.29) is 24.0 Å². The molecule has 2 heterocycles. The lowest BCUT2D eigenvalue weighted by atomic mass is 9.75. The number of hydrogen-bond acceptors (Lipinski definition) is 6. The second-order valence-electron chi connectivity index (χ2n) is 5.99. The van der Waals surface area contributed by atoms with Crippen LogP contribution in [-0.2, 0) is 0 Å². The number of aliphatic hydroxyl groups is 1. The molecular formula is C17H20N4O3. The lowest BCUT2D eigenvalue weighted by Gasteiger charge is -2.38. The summed E-state index contributed by atoms with van der Waals surface area (Å²) in [5.74, 6) is 1.07. The number of hydrogen-bond donors (Lipinski definition) is 2. The number of pyridine rings is 1. The number of nitrogens with one attached hydrogen (secondary N) is 1. The molecule has 24 heavy (non-hydrogen) atoms. The third kappa shape index (κ3) is 3.51. The van der Waals surface area contributed by atoms with Crippen molar-refractivity contribution < 1.29 is 14.6 Å². The summed E-state index contributed by atoms with van der Waals surface area (Å²) in [7, 11) is 1.56. The van der Waals surface area contributed by atoms with Crippen molar-refractivity contribution in [3.63, 3.8) is 0 Å². The lowest BCUT2D eigenvalue weighted by Crippen LogP contribution is -2.41. The molecule has 1 aliphatic rings. The number of methoxy groups -OCH3 is 1. The molecule has 0 aromatic carbocycles. The Morgan fingerprint density at radius 1 is 1.25 bits per heavy atom. The normalized spacial score (nSPS) is 20.8. The van der Waals surface area contributed by atoms with Crippen LogP contribution in [0.5, 0.6) is 5.88 Å². The SMILES string of the molecule is COc1ccc([C@@H](NC(=O)c2cnc(C)nc2)C2CC(O)C2)cn1. The molecule has 1 aliphatic carbocycles. The average molecular weight is 328 g/mol. The number of carbonyl (C=O) groups excluding carboxylic acids is 1. The molecule has 2 aromatic rings. The Balaban J connectivity index is 1.79. The quantitative estimate of drug-likeness (QED) is 0.862. The van der Waals surface area contributed by atoms with E-state index in [1.165, 1.54) is 12.4 Å². The summed E-state index contributed by atoms with van der Waals surface area (Å²) >= 11 is 0. The molecule has 126 valence electrons. The van der Waals surface area contributed by atoms with E-state index in [1.54, 1.807) is 26.3 Å². The molecule has 7 nitrogen and oxygen atoms in total. The van der Waals surface area contributed by atoms with Gasteiger partial charge in [0.1, 0.15) is 5.82 Å². The Kier molecular flexibility index (Phi) is 4.71. The first-order valence-electron chi connectivity index (χ1n) is 7.84. The van der Waals surface area contributed by atoms with Gasteiger partial charge >= 0.3 is 0 Å². The number of carbonyl (C=O) groups is 1. The monoisotopic (exact) mass is 328 g/mol. The fraction of sp³-hybridized carbons (Fsp3) is 0.412. The van der Waals surface area contributed by atoms with E-state index in [4.69, 9.17) is 4.74 Å². The second-order valence-corrected chi connectivity index (χ2v) is 5.99. The van der Waals surface area contributed by atoms with Crippen molar-refractivity contribution >= 4 is 5.91 Å². The average Bonchev–Trinajstić information content (AvgIpc) is 2.58. The van der Waals surface area contributed by atoms with Crippen LogP contribution in [-0.4, -0.2) is 39.2 Å². The van der Waals surface area contributed by atoms with Gasteiger partial charge in [-0.3, -0.25) is 4.79 Å². The number of rotatable bonds is 5. The van der Waals surface area contributed by atoms with Gasteiger partial charge in [-0.05, 0) is 31.2 Å².